The average Bonchev–Trinajstić information content (AvgIpc) is 2.71. The summed E-state index contributed by atoms with van der Waals surface area (Å²) in [5.41, 5.74) is 4.48. The maximum Gasteiger partial charge on any atom is 0.162 e. The lowest BCUT2D eigenvalue weighted by molar-refractivity contribution is 0.0971. The summed E-state index contributed by atoms with van der Waals surface area (Å²) < 4.78 is 0. The number of Topliss-reactive ketones (excluding diaryl/α,β-unsaturated/α-hetero) is 1. The van der Waals surface area contributed by atoms with E-state index >= 15 is 0 Å². The van der Waals surface area contributed by atoms with E-state index in [0.29, 0.717) is 12.3 Å². The molecule has 1 atom stereocenters. The highest BCUT2D eigenvalue weighted by Crippen LogP contribution is 2.40. The number of fused-ring (bicyclic) bond motifs is 3. The van der Waals surface area contributed by atoms with Crippen LogP contribution in [0.2, 0.25) is 0 Å². The first kappa shape index (κ1) is 17.5. The molecule has 4 heterocycles. The molecule has 3 nitrogen and oxygen atoms in total. The van der Waals surface area contributed by atoms with E-state index in [-0.39, 0.29) is 16.3 Å². The number of ketones is 1. The summed E-state index contributed by atoms with van der Waals surface area (Å²) in [6.45, 7) is 2.82. The molecule has 6 bridgehead atoms. The number of carbonyl (C=O) groups excluding carboxylic acids is 1. The lowest BCUT2D eigenvalue weighted by atomic mass is 9.91. The summed E-state index contributed by atoms with van der Waals surface area (Å²) in [7, 11) is -0.0373. The van der Waals surface area contributed by atoms with Gasteiger partial charge in [-0.1, -0.05) is 36.4 Å². The molecule has 4 aliphatic heterocycles. The predicted molar refractivity (Wildman–Crippen MR) is 118 cm³/mol. The average molecular weight is 389 g/mol. The minimum absolute atomic E-state index is 0.0373. The zero-order valence-corrected chi connectivity index (χ0v) is 16.6. The van der Waals surface area contributed by atoms with Crippen molar-refractivity contribution in [1.29, 1.82) is 0 Å². The summed E-state index contributed by atoms with van der Waals surface area (Å²) in [6, 6.07) is 16.8. The quantitative estimate of drug-likeness (QED) is 0.662. The smallest absolute Gasteiger partial charge is 0.162 e. The zero-order valence-electron chi connectivity index (χ0n) is 15.8. The van der Waals surface area contributed by atoms with Gasteiger partial charge < -0.3 is 10.2 Å². The fourth-order valence-electron chi connectivity index (χ4n) is 4.09. The van der Waals surface area contributed by atoms with Crippen molar-refractivity contribution in [3.8, 4) is 0 Å². The Labute approximate surface area is 168 Å². The van der Waals surface area contributed by atoms with Crippen molar-refractivity contribution >= 4 is 27.3 Å². The van der Waals surface area contributed by atoms with E-state index in [1.165, 1.54) is 10.6 Å². The molecule has 0 amide bonds. The molecule has 1 fully saturated rings. The largest absolute Gasteiger partial charge is 0.381 e. The maximum absolute atomic E-state index is 12.6. The molecule has 4 aliphatic rings. The minimum Gasteiger partial charge on any atom is -0.381 e. The Morgan fingerprint density at radius 3 is 2.89 bits per heavy atom. The Morgan fingerprint density at radius 1 is 1.07 bits per heavy atom. The molecule has 142 valence electrons. The molecule has 0 saturated carbocycles. The highest BCUT2D eigenvalue weighted by molar-refractivity contribution is 8.18. The van der Waals surface area contributed by atoms with E-state index in [9.17, 15) is 4.79 Å². The van der Waals surface area contributed by atoms with E-state index in [1.807, 2.05) is 18.2 Å². The van der Waals surface area contributed by atoms with Crippen molar-refractivity contribution < 1.29 is 4.79 Å². The van der Waals surface area contributed by atoms with Gasteiger partial charge in [-0.15, -0.1) is 10.5 Å². The van der Waals surface area contributed by atoms with Crippen LogP contribution in [0.1, 0.15) is 28.8 Å². The molecule has 0 aliphatic carbocycles. The van der Waals surface area contributed by atoms with Gasteiger partial charge in [-0.3, -0.25) is 4.79 Å². The van der Waals surface area contributed by atoms with E-state index < -0.39 is 0 Å². The van der Waals surface area contributed by atoms with Crippen molar-refractivity contribution in [3.05, 3.63) is 82.9 Å². The number of allylic oxidation sites excluding steroid dienone is 3. The van der Waals surface area contributed by atoms with E-state index in [0.717, 1.165) is 42.9 Å². The summed E-state index contributed by atoms with van der Waals surface area (Å²) in [4.78, 5) is 16.5. The van der Waals surface area contributed by atoms with Gasteiger partial charge in [-0.2, -0.15) is 0 Å². The molecular formula is C24H24N2OS. The fourth-order valence-corrected chi connectivity index (χ4v) is 5.80. The molecule has 0 radical (unpaired) electrons. The number of hydrogen-bond donors (Lipinski definition) is 1. The van der Waals surface area contributed by atoms with Gasteiger partial charge in [0.15, 0.2) is 5.78 Å². The molecule has 2 aromatic rings. The highest BCUT2D eigenvalue weighted by Gasteiger charge is 2.29. The molecule has 0 aromatic heterocycles. The third-order valence-corrected chi connectivity index (χ3v) is 7.51. The second-order valence-electron chi connectivity index (χ2n) is 7.69. The summed E-state index contributed by atoms with van der Waals surface area (Å²) in [6.07, 6.45) is 5.90. The van der Waals surface area contributed by atoms with Gasteiger partial charge in [0.1, 0.15) is 0 Å². The molecule has 4 heteroatoms. The molecule has 1 unspecified atom stereocenters. The van der Waals surface area contributed by atoms with Gasteiger partial charge in [0.25, 0.3) is 0 Å². The molecule has 6 rings (SSSR count). The SMILES string of the molecule is O=C1CCC2CN(C2)c2ccccc2S2=CC(=CC=C2)NCc2cccc1c2. The van der Waals surface area contributed by atoms with E-state index in [1.54, 1.807) is 0 Å². The predicted octanol–water partition coefficient (Wildman–Crippen LogP) is 4.73. The number of anilines is 1. The third kappa shape index (κ3) is 3.45. The fraction of sp³-hybridized carbons (Fsp3) is 0.250. The Hall–Kier alpha value is -2.59. The number of para-hydroxylation sites is 1. The lowest BCUT2D eigenvalue weighted by Gasteiger charge is -2.42. The molecule has 0 spiro atoms. The second-order valence-corrected chi connectivity index (χ2v) is 9.39. The molecule has 1 saturated heterocycles. The van der Waals surface area contributed by atoms with Crippen molar-refractivity contribution in [1.82, 2.24) is 5.32 Å². The van der Waals surface area contributed by atoms with Crippen molar-refractivity contribution in [2.24, 2.45) is 5.92 Å². The van der Waals surface area contributed by atoms with Crippen LogP contribution in [0.15, 0.2) is 76.7 Å². The van der Waals surface area contributed by atoms with E-state index in [4.69, 9.17) is 0 Å². The van der Waals surface area contributed by atoms with Gasteiger partial charge in [0.2, 0.25) is 0 Å². The Bertz CT molecular complexity index is 1010. The molecule has 28 heavy (non-hydrogen) atoms. The number of carbonyl (C=O) groups is 1. The van der Waals surface area contributed by atoms with Gasteiger partial charge in [0.05, 0.1) is 5.69 Å². The number of nitrogens with one attached hydrogen (secondary N) is 1. The van der Waals surface area contributed by atoms with Gasteiger partial charge in [0, 0.05) is 42.2 Å². The van der Waals surface area contributed by atoms with Crippen molar-refractivity contribution in [2.45, 2.75) is 24.3 Å². The maximum atomic E-state index is 12.6. The Morgan fingerprint density at radius 2 is 1.96 bits per heavy atom. The monoisotopic (exact) mass is 388 g/mol. The van der Waals surface area contributed by atoms with Gasteiger partial charge >= 0.3 is 0 Å². The molecular weight excluding hydrogens is 364 g/mol. The van der Waals surface area contributed by atoms with Crippen LogP contribution in [0.5, 0.6) is 0 Å². The first-order valence-corrected chi connectivity index (χ1v) is 11.3. The van der Waals surface area contributed by atoms with E-state index in [2.05, 4.69) is 63.5 Å². The molecule has 2 aromatic carbocycles. The van der Waals surface area contributed by atoms with Crippen molar-refractivity contribution in [2.75, 3.05) is 18.0 Å². The van der Waals surface area contributed by atoms with Crippen LogP contribution in [0.4, 0.5) is 5.69 Å². The van der Waals surface area contributed by atoms with Gasteiger partial charge in [-0.05, 0) is 53.0 Å². The normalized spacial score (nSPS) is 23.6. The summed E-state index contributed by atoms with van der Waals surface area (Å²) >= 11 is 0. The second kappa shape index (κ2) is 7.44. The van der Waals surface area contributed by atoms with Gasteiger partial charge in [-0.25, -0.2) is 0 Å². The third-order valence-electron chi connectivity index (χ3n) is 5.70. The topological polar surface area (TPSA) is 32.3 Å². The summed E-state index contributed by atoms with van der Waals surface area (Å²) in [5, 5.41) is 8.17. The van der Waals surface area contributed by atoms with Crippen molar-refractivity contribution in [3.63, 3.8) is 0 Å². The lowest BCUT2D eigenvalue weighted by Crippen LogP contribution is -2.47. The number of benzene rings is 2. The Kier molecular flexibility index (Phi) is 4.65. The first-order valence-electron chi connectivity index (χ1n) is 9.91. The molecule has 1 N–H and O–H groups in total. The minimum atomic E-state index is -0.0373. The number of rotatable bonds is 0. The summed E-state index contributed by atoms with van der Waals surface area (Å²) in [5.74, 6) is 0.875. The Balaban J connectivity index is 1.51. The number of nitrogens with zero attached hydrogens (tertiary/aromatic N) is 1. The zero-order chi connectivity index (χ0) is 18.9. The van der Waals surface area contributed by atoms with Crippen LogP contribution in [0, 0.1) is 5.92 Å². The van der Waals surface area contributed by atoms with Crippen LogP contribution in [-0.2, 0) is 6.54 Å². The van der Waals surface area contributed by atoms with Crippen LogP contribution < -0.4 is 10.2 Å². The highest BCUT2D eigenvalue weighted by atomic mass is 32.2. The first-order chi connectivity index (χ1) is 13.8. The standard InChI is InChI=1S/C24H24N2OS/c27-23-11-10-19-15-26(16-19)22-8-1-2-9-24(22)28-12-4-7-21(17-28)25-14-18-5-3-6-20(23)13-18/h1-9,12-13,17,19,25H,10-11,14-16H2. The van der Waals surface area contributed by atoms with Crippen LogP contribution >= 0.6 is 10.5 Å². The number of hydrogen-bond acceptors (Lipinski definition) is 3. The van der Waals surface area contributed by atoms with Crippen LogP contribution in [-0.4, -0.2) is 24.2 Å². The van der Waals surface area contributed by atoms with Crippen LogP contribution in [0.25, 0.3) is 0 Å². The van der Waals surface area contributed by atoms with Crippen LogP contribution in [0.3, 0.4) is 0 Å².